The lowest BCUT2D eigenvalue weighted by Gasteiger charge is -2.11. The van der Waals surface area contributed by atoms with Gasteiger partial charge in [0.2, 0.25) is 0 Å². The first kappa shape index (κ1) is 16.1. The SMILES string of the molecule is CCOc1cc(CCC(=O)c2ccc(C)cc2)ccc1OC. The van der Waals surface area contributed by atoms with E-state index < -0.39 is 0 Å². The number of carbonyl (C=O) groups is 1. The van der Waals surface area contributed by atoms with Crippen LogP contribution in [0.15, 0.2) is 42.5 Å². The van der Waals surface area contributed by atoms with Gasteiger partial charge >= 0.3 is 0 Å². The van der Waals surface area contributed by atoms with Gasteiger partial charge in [0, 0.05) is 12.0 Å². The van der Waals surface area contributed by atoms with Crippen LogP contribution in [0, 0.1) is 6.92 Å². The summed E-state index contributed by atoms with van der Waals surface area (Å²) in [5.41, 5.74) is 3.00. The van der Waals surface area contributed by atoms with Crippen molar-refractivity contribution in [1.29, 1.82) is 0 Å². The number of Topliss-reactive ketones (excluding diaryl/α,β-unsaturated/α-hetero) is 1. The van der Waals surface area contributed by atoms with Gasteiger partial charge in [0.1, 0.15) is 0 Å². The minimum absolute atomic E-state index is 0.161. The molecular formula is C19H22O3. The molecule has 116 valence electrons. The normalized spacial score (nSPS) is 10.3. The second-order valence-electron chi connectivity index (χ2n) is 5.21. The molecule has 3 nitrogen and oxygen atoms in total. The molecule has 0 fully saturated rings. The molecule has 0 saturated heterocycles. The van der Waals surface area contributed by atoms with Crippen molar-refractivity contribution in [3.05, 3.63) is 59.2 Å². The van der Waals surface area contributed by atoms with Crippen LogP contribution >= 0.6 is 0 Å². The highest BCUT2D eigenvalue weighted by Gasteiger charge is 2.09. The van der Waals surface area contributed by atoms with Gasteiger partial charge in [0.05, 0.1) is 13.7 Å². The highest BCUT2D eigenvalue weighted by molar-refractivity contribution is 5.96. The van der Waals surface area contributed by atoms with Crippen LogP contribution in [0.3, 0.4) is 0 Å². The molecule has 0 aromatic heterocycles. The highest BCUT2D eigenvalue weighted by atomic mass is 16.5. The van der Waals surface area contributed by atoms with E-state index in [1.807, 2.05) is 56.3 Å². The molecule has 0 spiro atoms. The molecule has 0 amide bonds. The van der Waals surface area contributed by atoms with Crippen LogP contribution in [-0.4, -0.2) is 19.5 Å². The van der Waals surface area contributed by atoms with Gasteiger partial charge in [-0.3, -0.25) is 4.79 Å². The van der Waals surface area contributed by atoms with Crippen molar-refractivity contribution in [1.82, 2.24) is 0 Å². The number of carbonyl (C=O) groups excluding carboxylic acids is 1. The maximum absolute atomic E-state index is 12.2. The smallest absolute Gasteiger partial charge is 0.163 e. The molecule has 2 rings (SSSR count). The van der Waals surface area contributed by atoms with Crippen LogP contribution in [0.25, 0.3) is 0 Å². The fourth-order valence-electron chi connectivity index (χ4n) is 2.29. The minimum Gasteiger partial charge on any atom is -0.493 e. The van der Waals surface area contributed by atoms with Gasteiger partial charge in [0.25, 0.3) is 0 Å². The fraction of sp³-hybridized carbons (Fsp3) is 0.316. The van der Waals surface area contributed by atoms with Crippen molar-refractivity contribution in [2.45, 2.75) is 26.7 Å². The van der Waals surface area contributed by atoms with E-state index in [2.05, 4.69) is 0 Å². The molecular weight excluding hydrogens is 276 g/mol. The van der Waals surface area contributed by atoms with E-state index in [9.17, 15) is 4.79 Å². The first-order valence-electron chi connectivity index (χ1n) is 7.53. The largest absolute Gasteiger partial charge is 0.493 e. The number of aryl methyl sites for hydroxylation is 2. The second-order valence-corrected chi connectivity index (χ2v) is 5.21. The number of methoxy groups -OCH3 is 1. The van der Waals surface area contributed by atoms with E-state index in [-0.39, 0.29) is 5.78 Å². The Morgan fingerprint density at radius 2 is 1.77 bits per heavy atom. The Hall–Kier alpha value is -2.29. The van der Waals surface area contributed by atoms with Crippen molar-refractivity contribution in [2.75, 3.05) is 13.7 Å². The predicted octanol–water partition coefficient (Wildman–Crippen LogP) is 4.22. The lowest BCUT2D eigenvalue weighted by atomic mass is 10.0. The Labute approximate surface area is 131 Å². The molecule has 0 heterocycles. The monoisotopic (exact) mass is 298 g/mol. The molecule has 0 N–H and O–H groups in total. The standard InChI is InChI=1S/C19H22O3/c1-4-22-19-13-15(8-12-18(19)21-3)7-11-17(20)16-9-5-14(2)6-10-16/h5-6,8-10,12-13H,4,7,11H2,1-3H3. The lowest BCUT2D eigenvalue weighted by Crippen LogP contribution is -2.02. The minimum atomic E-state index is 0.161. The summed E-state index contributed by atoms with van der Waals surface area (Å²) in [6.07, 6.45) is 1.18. The molecule has 0 saturated carbocycles. The number of rotatable bonds is 7. The zero-order valence-corrected chi connectivity index (χ0v) is 13.4. The molecule has 0 aliphatic carbocycles. The Balaban J connectivity index is 2.03. The summed E-state index contributed by atoms with van der Waals surface area (Å²) in [6, 6.07) is 13.5. The number of ether oxygens (including phenoxy) is 2. The molecule has 0 bridgehead atoms. The van der Waals surface area contributed by atoms with Gasteiger partial charge in [-0.2, -0.15) is 0 Å². The van der Waals surface area contributed by atoms with E-state index in [1.165, 1.54) is 0 Å². The number of benzene rings is 2. The van der Waals surface area contributed by atoms with Crippen molar-refractivity contribution in [3.63, 3.8) is 0 Å². The van der Waals surface area contributed by atoms with Crippen LogP contribution in [0.5, 0.6) is 11.5 Å². The Morgan fingerprint density at radius 1 is 1.05 bits per heavy atom. The third-order valence-electron chi connectivity index (χ3n) is 3.54. The maximum atomic E-state index is 12.2. The first-order chi connectivity index (χ1) is 10.6. The molecule has 0 radical (unpaired) electrons. The van der Waals surface area contributed by atoms with Crippen LogP contribution in [0.4, 0.5) is 0 Å². The maximum Gasteiger partial charge on any atom is 0.163 e. The zero-order valence-electron chi connectivity index (χ0n) is 13.4. The molecule has 3 heteroatoms. The molecule has 0 atom stereocenters. The average Bonchev–Trinajstić information content (AvgIpc) is 2.54. The van der Waals surface area contributed by atoms with Crippen LogP contribution in [0.2, 0.25) is 0 Å². The van der Waals surface area contributed by atoms with Gasteiger partial charge in [-0.25, -0.2) is 0 Å². The highest BCUT2D eigenvalue weighted by Crippen LogP contribution is 2.28. The van der Waals surface area contributed by atoms with E-state index in [0.717, 1.165) is 28.2 Å². The molecule has 22 heavy (non-hydrogen) atoms. The topological polar surface area (TPSA) is 35.5 Å². The van der Waals surface area contributed by atoms with Gasteiger partial charge in [-0.1, -0.05) is 35.9 Å². The number of hydrogen-bond acceptors (Lipinski definition) is 3. The summed E-state index contributed by atoms with van der Waals surface area (Å²) in [5, 5.41) is 0. The molecule has 2 aromatic carbocycles. The third kappa shape index (κ3) is 4.10. The molecule has 0 unspecified atom stereocenters. The summed E-state index contributed by atoms with van der Waals surface area (Å²) >= 11 is 0. The van der Waals surface area contributed by atoms with E-state index >= 15 is 0 Å². The van der Waals surface area contributed by atoms with Gasteiger partial charge in [-0.15, -0.1) is 0 Å². The van der Waals surface area contributed by atoms with Crippen molar-refractivity contribution >= 4 is 5.78 Å². The number of ketones is 1. The third-order valence-corrected chi connectivity index (χ3v) is 3.54. The first-order valence-corrected chi connectivity index (χ1v) is 7.53. The Kier molecular flexibility index (Phi) is 5.59. The molecule has 0 aliphatic rings. The summed E-state index contributed by atoms with van der Waals surface area (Å²) < 4.78 is 10.8. The van der Waals surface area contributed by atoms with Crippen molar-refractivity contribution in [3.8, 4) is 11.5 Å². The summed E-state index contributed by atoms with van der Waals surface area (Å²) in [7, 11) is 1.62. The number of hydrogen-bond donors (Lipinski definition) is 0. The summed E-state index contributed by atoms with van der Waals surface area (Å²) in [4.78, 5) is 12.2. The van der Waals surface area contributed by atoms with Gasteiger partial charge in [-0.05, 0) is 38.0 Å². The molecule has 0 aliphatic heterocycles. The Bertz CT molecular complexity index is 630. The molecule has 2 aromatic rings. The fourth-order valence-corrected chi connectivity index (χ4v) is 2.29. The van der Waals surface area contributed by atoms with Crippen LogP contribution in [0.1, 0.15) is 34.8 Å². The predicted molar refractivity (Wildman–Crippen MR) is 88.0 cm³/mol. The van der Waals surface area contributed by atoms with Crippen molar-refractivity contribution < 1.29 is 14.3 Å². The van der Waals surface area contributed by atoms with E-state index in [4.69, 9.17) is 9.47 Å². The van der Waals surface area contributed by atoms with Crippen molar-refractivity contribution in [2.24, 2.45) is 0 Å². The lowest BCUT2D eigenvalue weighted by molar-refractivity contribution is 0.0983. The second kappa shape index (κ2) is 7.64. The summed E-state index contributed by atoms with van der Waals surface area (Å²) in [6.45, 7) is 4.54. The van der Waals surface area contributed by atoms with Crippen LogP contribution < -0.4 is 9.47 Å². The van der Waals surface area contributed by atoms with E-state index in [0.29, 0.717) is 19.4 Å². The zero-order chi connectivity index (χ0) is 15.9. The van der Waals surface area contributed by atoms with Crippen LogP contribution in [-0.2, 0) is 6.42 Å². The quantitative estimate of drug-likeness (QED) is 0.718. The van der Waals surface area contributed by atoms with E-state index in [1.54, 1.807) is 7.11 Å². The van der Waals surface area contributed by atoms with Gasteiger partial charge in [0.15, 0.2) is 17.3 Å². The summed E-state index contributed by atoms with van der Waals surface area (Å²) in [5.74, 6) is 1.61. The Morgan fingerprint density at radius 3 is 2.41 bits per heavy atom. The average molecular weight is 298 g/mol. The van der Waals surface area contributed by atoms with Gasteiger partial charge < -0.3 is 9.47 Å².